The molecular weight excluding hydrogens is 246 g/mol. The maximum atomic E-state index is 11.6. The Kier molecular flexibility index (Phi) is 7.30. The highest BCUT2D eigenvalue weighted by molar-refractivity contribution is 5.77. The van der Waals surface area contributed by atoms with E-state index >= 15 is 0 Å². The van der Waals surface area contributed by atoms with E-state index in [9.17, 15) is 9.90 Å². The minimum absolute atomic E-state index is 0.00459. The van der Waals surface area contributed by atoms with Gasteiger partial charge < -0.3 is 20.1 Å². The molecule has 6 nitrogen and oxygen atoms in total. The zero-order valence-electron chi connectivity index (χ0n) is 12.3. The molecule has 6 heteroatoms. The Morgan fingerprint density at radius 2 is 2.11 bits per heavy atom. The minimum Gasteiger partial charge on any atom is -0.395 e. The van der Waals surface area contributed by atoms with Crippen LogP contribution in [-0.4, -0.2) is 87.0 Å². The number of amides is 1. The molecule has 112 valence electrons. The lowest BCUT2D eigenvalue weighted by atomic mass is 10.0. The Morgan fingerprint density at radius 1 is 1.47 bits per heavy atom. The fourth-order valence-electron chi connectivity index (χ4n) is 2.28. The normalized spacial score (nSPS) is 19.4. The van der Waals surface area contributed by atoms with Crippen LogP contribution in [0.4, 0.5) is 0 Å². The third-order valence-corrected chi connectivity index (χ3v) is 3.50. The summed E-state index contributed by atoms with van der Waals surface area (Å²) in [5, 5.41) is 12.6. The average molecular weight is 273 g/mol. The summed E-state index contributed by atoms with van der Waals surface area (Å²) in [5.41, 5.74) is 0. The molecule has 0 bridgehead atoms. The number of aliphatic hydroxyl groups excluding tert-OH is 1. The molecule has 1 saturated heterocycles. The van der Waals surface area contributed by atoms with E-state index in [4.69, 9.17) is 4.74 Å². The monoisotopic (exact) mass is 273 g/mol. The predicted molar refractivity (Wildman–Crippen MR) is 74.0 cm³/mol. The van der Waals surface area contributed by atoms with Gasteiger partial charge in [0, 0.05) is 40.3 Å². The second-order valence-electron chi connectivity index (χ2n) is 5.34. The van der Waals surface area contributed by atoms with Gasteiger partial charge in [-0.1, -0.05) is 0 Å². The van der Waals surface area contributed by atoms with Gasteiger partial charge in [-0.15, -0.1) is 0 Å². The van der Waals surface area contributed by atoms with Crippen molar-refractivity contribution in [1.29, 1.82) is 0 Å². The van der Waals surface area contributed by atoms with Gasteiger partial charge in [-0.3, -0.25) is 9.69 Å². The fraction of sp³-hybridized carbons (Fsp3) is 0.923. The van der Waals surface area contributed by atoms with Gasteiger partial charge in [-0.05, 0) is 12.8 Å². The van der Waals surface area contributed by atoms with Crippen LogP contribution in [0.3, 0.4) is 0 Å². The van der Waals surface area contributed by atoms with Gasteiger partial charge in [-0.25, -0.2) is 0 Å². The van der Waals surface area contributed by atoms with E-state index in [1.165, 1.54) is 0 Å². The molecule has 0 aromatic carbocycles. The molecule has 0 saturated carbocycles. The molecule has 1 fully saturated rings. The van der Waals surface area contributed by atoms with Crippen LogP contribution >= 0.6 is 0 Å². The number of carbonyl (C=O) groups excluding carboxylic acids is 1. The SMILES string of the molecule is COCC(CO)NC1CCN(CC(=O)N(C)C)CC1. The summed E-state index contributed by atoms with van der Waals surface area (Å²) in [6.07, 6.45) is 2.00. The fourth-order valence-corrected chi connectivity index (χ4v) is 2.28. The Labute approximate surface area is 115 Å². The minimum atomic E-state index is 0.00459. The number of likely N-dealkylation sites (N-methyl/N-ethyl adjacent to an activating group) is 1. The van der Waals surface area contributed by atoms with E-state index in [1.54, 1.807) is 26.1 Å². The van der Waals surface area contributed by atoms with Gasteiger partial charge in [0.25, 0.3) is 0 Å². The first-order valence-electron chi connectivity index (χ1n) is 6.85. The summed E-state index contributed by atoms with van der Waals surface area (Å²) < 4.78 is 5.05. The number of hydrogen-bond donors (Lipinski definition) is 2. The maximum Gasteiger partial charge on any atom is 0.236 e. The first kappa shape index (κ1) is 16.4. The summed E-state index contributed by atoms with van der Waals surface area (Å²) in [6.45, 7) is 2.95. The van der Waals surface area contributed by atoms with Crippen molar-refractivity contribution in [2.45, 2.75) is 24.9 Å². The molecule has 1 heterocycles. The summed E-state index contributed by atoms with van der Waals surface area (Å²) in [6, 6.07) is 0.406. The predicted octanol–water partition coefficient (Wildman–Crippen LogP) is -0.864. The Hall–Kier alpha value is -0.690. The third-order valence-electron chi connectivity index (χ3n) is 3.50. The van der Waals surface area contributed by atoms with E-state index in [-0.39, 0.29) is 18.6 Å². The van der Waals surface area contributed by atoms with Crippen LogP contribution < -0.4 is 5.32 Å². The van der Waals surface area contributed by atoms with Crippen molar-refractivity contribution in [3.05, 3.63) is 0 Å². The number of ether oxygens (including phenoxy) is 1. The van der Waals surface area contributed by atoms with Crippen LogP contribution in [0.25, 0.3) is 0 Å². The lowest BCUT2D eigenvalue weighted by Crippen LogP contribution is -2.50. The van der Waals surface area contributed by atoms with Gasteiger partial charge in [0.2, 0.25) is 5.91 Å². The summed E-state index contributed by atoms with van der Waals surface area (Å²) in [4.78, 5) is 15.4. The zero-order chi connectivity index (χ0) is 14.3. The molecule has 0 spiro atoms. The average Bonchev–Trinajstić information content (AvgIpc) is 2.40. The Bertz CT molecular complexity index is 266. The van der Waals surface area contributed by atoms with Crippen molar-refractivity contribution >= 4 is 5.91 Å². The van der Waals surface area contributed by atoms with E-state index in [0.29, 0.717) is 19.2 Å². The maximum absolute atomic E-state index is 11.6. The number of aliphatic hydroxyl groups is 1. The molecular formula is C13H27N3O3. The van der Waals surface area contributed by atoms with Crippen LogP contribution in [0.15, 0.2) is 0 Å². The van der Waals surface area contributed by atoms with Crippen molar-refractivity contribution in [3.63, 3.8) is 0 Å². The molecule has 0 radical (unpaired) electrons. The Morgan fingerprint density at radius 3 is 2.58 bits per heavy atom. The molecule has 1 amide bonds. The first-order chi connectivity index (χ1) is 9.06. The number of carbonyl (C=O) groups is 1. The van der Waals surface area contributed by atoms with Gasteiger partial charge in [0.1, 0.15) is 0 Å². The first-order valence-corrected chi connectivity index (χ1v) is 6.85. The molecule has 1 rings (SSSR count). The molecule has 1 aliphatic rings. The molecule has 2 N–H and O–H groups in total. The lowest BCUT2D eigenvalue weighted by molar-refractivity contribution is -0.130. The molecule has 1 atom stereocenters. The molecule has 1 aliphatic heterocycles. The second kappa shape index (κ2) is 8.47. The van der Waals surface area contributed by atoms with Crippen molar-refractivity contribution in [2.24, 2.45) is 0 Å². The van der Waals surface area contributed by atoms with Crippen LogP contribution in [0.1, 0.15) is 12.8 Å². The summed E-state index contributed by atoms with van der Waals surface area (Å²) in [5.74, 6) is 0.152. The molecule has 0 aliphatic carbocycles. The van der Waals surface area contributed by atoms with Crippen molar-refractivity contribution < 1.29 is 14.6 Å². The molecule has 0 aromatic heterocycles. The number of hydrogen-bond acceptors (Lipinski definition) is 5. The molecule has 1 unspecified atom stereocenters. The number of methoxy groups -OCH3 is 1. The van der Waals surface area contributed by atoms with Crippen LogP contribution in [0, 0.1) is 0 Å². The highest BCUT2D eigenvalue weighted by Crippen LogP contribution is 2.11. The quantitative estimate of drug-likeness (QED) is 0.632. The lowest BCUT2D eigenvalue weighted by Gasteiger charge is -2.34. The van der Waals surface area contributed by atoms with E-state index in [0.717, 1.165) is 25.9 Å². The number of rotatable bonds is 7. The van der Waals surface area contributed by atoms with Gasteiger partial charge in [-0.2, -0.15) is 0 Å². The van der Waals surface area contributed by atoms with Crippen LogP contribution in [0.5, 0.6) is 0 Å². The van der Waals surface area contributed by atoms with Crippen LogP contribution in [-0.2, 0) is 9.53 Å². The van der Waals surface area contributed by atoms with Crippen molar-refractivity contribution in [3.8, 4) is 0 Å². The largest absolute Gasteiger partial charge is 0.395 e. The number of piperidine rings is 1. The highest BCUT2D eigenvalue weighted by Gasteiger charge is 2.23. The van der Waals surface area contributed by atoms with Crippen LogP contribution in [0.2, 0.25) is 0 Å². The molecule has 0 aromatic rings. The number of nitrogens with one attached hydrogen (secondary N) is 1. The number of nitrogens with zero attached hydrogens (tertiary/aromatic N) is 2. The van der Waals surface area contributed by atoms with E-state index in [1.807, 2.05) is 0 Å². The second-order valence-corrected chi connectivity index (χ2v) is 5.34. The smallest absolute Gasteiger partial charge is 0.236 e. The van der Waals surface area contributed by atoms with Gasteiger partial charge >= 0.3 is 0 Å². The van der Waals surface area contributed by atoms with E-state index in [2.05, 4.69) is 10.2 Å². The highest BCUT2D eigenvalue weighted by atomic mass is 16.5. The standard InChI is InChI=1S/C13H27N3O3/c1-15(2)13(18)8-16-6-4-11(5-7-16)14-12(9-17)10-19-3/h11-12,14,17H,4-10H2,1-3H3. The number of likely N-dealkylation sites (tertiary alicyclic amines) is 1. The van der Waals surface area contributed by atoms with Crippen molar-refractivity contribution in [2.75, 3.05) is 54.1 Å². The van der Waals surface area contributed by atoms with E-state index < -0.39 is 0 Å². The zero-order valence-corrected chi connectivity index (χ0v) is 12.3. The summed E-state index contributed by atoms with van der Waals surface area (Å²) >= 11 is 0. The van der Waals surface area contributed by atoms with Gasteiger partial charge in [0.15, 0.2) is 0 Å². The third kappa shape index (κ3) is 5.86. The van der Waals surface area contributed by atoms with Gasteiger partial charge in [0.05, 0.1) is 25.8 Å². The topological polar surface area (TPSA) is 65.0 Å². The summed E-state index contributed by atoms with van der Waals surface area (Å²) in [7, 11) is 5.21. The Balaban J connectivity index is 2.26. The van der Waals surface area contributed by atoms with Crippen molar-refractivity contribution in [1.82, 2.24) is 15.1 Å². The molecule has 19 heavy (non-hydrogen) atoms.